The molecule has 3 atom stereocenters. The second kappa shape index (κ2) is 7.79. The highest BCUT2D eigenvalue weighted by Gasteiger charge is 2.45. The van der Waals surface area contributed by atoms with Gasteiger partial charge in [-0.1, -0.05) is 12.2 Å². The summed E-state index contributed by atoms with van der Waals surface area (Å²) in [7, 11) is 3.31. The van der Waals surface area contributed by atoms with Gasteiger partial charge in [-0.2, -0.15) is 5.10 Å². The lowest BCUT2D eigenvalue weighted by Gasteiger charge is -2.37. The Morgan fingerprint density at radius 1 is 1.50 bits per heavy atom. The van der Waals surface area contributed by atoms with E-state index in [1.54, 1.807) is 21.1 Å². The third-order valence-electron chi connectivity index (χ3n) is 5.17. The maximum atomic E-state index is 12.3. The van der Waals surface area contributed by atoms with E-state index in [4.69, 9.17) is 9.47 Å². The number of allylic oxidation sites excluding steroid dienone is 5. The normalized spacial score (nSPS) is 30.2. The van der Waals surface area contributed by atoms with Gasteiger partial charge in [-0.25, -0.2) is 0 Å². The summed E-state index contributed by atoms with van der Waals surface area (Å²) in [5.74, 6) is 0.551. The minimum absolute atomic E-state index is 0.0536. The maximum Gasteiger partial charge on any atom is 0.144 e. The van der Waals surface area contributed by atoms with Crippen LogP contribution in [0.4, 0.5) is 0 Å². The van der Waals surface area contributed by atoms with Crippen molar-refractivity contribution in [2.45, 2.75) is 32.7 Å². The van der Waals surface area contributed by atoms with E-state index in [9.17, 15) is 4.79 Å². The highest BCUT2D eigenvalue weighted by Crippen LogP contribution is 2.44. The van der Waals surface area contributed by atoms with E-state index in [1.165, 1.54) is 0 Å². The molecule has 1 fully saturated rings. The summed E-state index contributed by atoms with van der Waals surface area (Å²) in [5.41, 5.74) is 0.218. The number of carbonyl (C=O) groups excluding carboxylic acids is 1. The number of Topliss-reactive ketones (excluding diaryl/α,β-unsaturated/α-hetero) is 1. The van der Waals surface area contributed by atoms with Gasteiger partial charge in [0.25, 0.3) is 0 Å². The molecule has 0 amide bonds. The molecule has 1 saturated heterocycles. The monoisotopic (exact) mass is 332 g/mol. The zero-order valence-corrected chi connectivity index (χ0v) is 15.1. The van der Waals surface area contributed by atoms with Crippen LogP contribution in [0.2, 0.25) is 0 Å². The van der Waals surface area contributed by atoms with E-state index in [0.29, 0.717) is 18.4 Å². The Kier molecular flexibility index (Phi) is 5.99. The Bertz CT molecular complexity index is 579. The molecular formula is C19H28N2O3. The minimum Gasteiger partial charge on any atom is -0.500 e. The Morgan fingerprint density at radius 2 is 2.25 bits per heavy atom. The van der Waals surface area contributed by atoms with Crippen LogP contribution in [0.15, 0.2) is 41.2 Å². The van der Waals surface area contributed by atoms with Crippen molar-refractivity contribution in [3.63, 3.8) is 0 Å². The Balaban J connectivity index is 2.27. The van der Waals surface area contributed by atoms with Gasteiger partial charge in [0.15, 0.2) is 0 Å². The van der Waals surface area contributed by atoms with Gasteiger partial charge in [0.1, 0.15) is 11.5 Å². The lowest BCUT2D eigenvalue weighted by molar-refractivity contribution is -0.126. The van der Waals surface area contributed by atoms with Gasteiger partial charge in [-0.3, -0.25) is 9.80 Å². The Hall–Kier alpha value is -1.88. The summed E-state index contributed by atoms with van der Waals surface area (Å²) in [6.07, 6.45) is 9.69. The zero-order valence-electron chi connectivity index (χ0n) is 15.1. The average Bonchev–Trinajstić information content (AvgIpc) is 3.00. The molecule has 2 rings (SSSR count). The first-order chi connectivity index (χ1) is 11.5. The second-order valence-corrected chi connectivity index (χ2v) is 6.53. The van der Waals surface area contributed by atoms with Crippen LogP contribution in [0.5, 0.6) is 0 Å². The van der Waals surface area contributed by atoms with Crippen LogP contribution in [-0.4, -0.2) is 50.4 Å². The minimum atomic E-state index is -0.746. The second-order valence-electron chi connectivity index (χ2n) is 6.53. The number of carbonyl (C=O) groups is 1. The molecule has 1 aliphatic heterocycles. The van der Waals surface area contributed by atoms with E-state index >= 15 is 0 Å². The average molecular weight is 332 g/mol. The molecule has 0 aromatic carbocycles. The van der Waals surface area contributed by atoms with Crippen molar-refractivity contribution in [1.82, 2.24) is 5.01 Å². The van der Waals surface area contributed by atoms with Gasteiger partial charge in [0.2, 0.25) is 0 Å². The standard InChI is InChI=1S/C19H28N2O3/c1-6-17-15(9-10-18(24-5)19(17,3)14(2)22)12-20-21-11-7-8-16(21)13-23-4/h6,9-10,12,16-17H,1,7-8,11,13H2,2-5H3/b20-12+/t16-,17+,19+/m1/s1. The third-order valence-corrected chi connectivity index (χ3v) is 5.17. The lowest BCUT2D eigenvalue weighted by Crippen LogP contribution is -2.39. The number of ether oxygens (including phenoxy) is 2. The highest BCUT2D eigenvalue weighted by molar-refractivity contribution is 5.90. The molecule has 1 aliphatic carbocycles. The fourth-order valence-corrected chi connectivity index (χ4v) is 3.58. The summed E-state index contributed by atoms with van der Waals surface area (Å²) >= 11 is 0. The number of hydrogen-bond acceptors (Lipinski definition) is 5. The van der Waals surface area contributed by atoms with Gasteiger partial charge >= 0.3 is 0 Å². The molecule has 0 radical (unpaired) electrons. The molecule has 5 heteroatoms. The van der Waals surface area contributed by atoms with Crippen LogP contribution in [0.25, 0.3) is 0 Å². The first-order valence-corrected chi connectivity index (χ1v) is 8.38. The number of hydrogen-bond donors (Lipinski definition) is 0. The summed E-state index contributed by atoms with van der Waals surface area (Å²) in [6, 6.07) is 0.321. The molecule has 0 saturated carbocycles. The largest absolute Gasteiger partial charge is 0.500 e. The van der Waals surface area contributed by atoms with Crippen molar-refractivity contribution < 1.29 is 14.3 Å². The topological polar surface area (TPSA) is 51.1 Å². The van der Waals surface area contributed by atoms with Crippen molar-refractivity contribution in [2.75, 3.05) is 27.4 Å². The van der Waals surface area contributed by atoms with Crippen LogP contribution < -0.4 is 0 Å². The number of rotatable bonds is 7. The predicted molar refractivity (Wildman–Crippen MR) is 95.7 cm³/mol. The molecule has 24 heavy (non-hydrogen) atoms. The van der Waals surface area contributed by atoms with Gasteiger partial charge < -0.3 is 9.47 Å². The summed E-state index contributed by atoms with van der Waals surface area (Å²) in [4.78, 5) is 12.3. The van der Waals surface area contributed by atoms with Gasteiger partial charge in [0.05, 0.1) is 31.4 Å². The van der Waals surface area contributed by atoms with Crippen LogP contribution in [0.1, 0.15) is 26.7 Å². The van der Waals surface area contributed by atoms with Crippen LogP contribution in [0.3, 0.4) is 0 Å². The van der Waals surface area contributed by atoms with Crippen LogP contribution >= 0.6 is 0 Å². The SMILES string of the molecule is C=C[C@H]1C(/C=N/N2CCC[C@@H]2COC)=CC=C(OC)[C@@]1(C)C(C)=O. The smallest absolute Gasteiger partial charge is 0.144 e. The molecule has 5 nitrogen and oxygen atoms in total. The molecule has 0 bridgehead atoms. The molecule has 1 heterocycles. The molecule has 132 valence electrons. The molecule has 0 N–H and O–H groups in total. The summed E-state index contributed by atoms with van der Waals surface area (Å²) in [5, 5.41) is 6.73. The third kappa shape index (κ3) is 3.31. The van der Waals surface area contributed by atoms with Crippen molar-refractivity contribution >= 4 is 12.0 Å². The Labute approximate surface area is 144 Å². The van der Waals surface area contributed by atoms with E-state index in [1.807, 2.05) is 31.4 Å². The molecule has 0 aromatic heterocycles. The highest BCUT2D eigenvalue weighted by atomic mass is 16.5. The molecule has 0 spiro atoms. The van der Waals surface area contributed by atoms with Gasteiger partial charge in [-0.05, 0) is 38.3 Å². The first kappa shape index (κ1) is 18.5. The maximum absolute atomic E-state index is 12.3. The predicted octanol–water partition coefficient (Wildman–Crippen LogP) is 2.95. The van der Waals surface area contributed by atoms with Crippen LogP contribution in [0, 0.1) is 11.3 Å². The molecule has 2 aliphatic rings. The zero-order chi connectivity index (χ0) is 17.7. The number of nitrogens with zero attached hydrogens (tertiary/aromatic N) is 2. The number of ketones is 1. The summed E-state index contributed by atoms with van der Waals surface area (Å²) in [6.45, 7) is 9.05. The fourth-order valence-electron chi connectivity index (χ4n) is 3.58. The number of methoxy groups -OCH3 is 2. The van der Waals surface area contributed by atoms with Crippen LogP contribution in [-0.2, 0) is 14.3 Å². The lowest BCUT2D eigenvalue weighted by atomic mass is 9.67. The van der Waals surface area contributed by atoms with Gasteiger partial charge in [-0.15, -0.1) is 6.58 Å². The quantitative estimate of drug-likeness (QED) is 0.531. The van der Waals surface area contributed by atoms with E-state index in [2.05, 4.69) is 16.7 Å². The van der Waals surface area contributed by atoms with Crippen molar-refractivity contribution in [3.05, 3.63) is 36.1 Å². The van der Waals surface area contributed by atoms with Crippen molar-refractivity contribution in [1.29, 1.82) is 0 Å². The number of hydrazone groups is 1. The molecule has 0 unspecified atom stereocenters. The molecule has 0 aromatic rings. The van der Waals surface area contributed by atoms with E-state index in [0.717, 1.165) is 25.0 Å². The Morgan fingerprint density at radius 3 is 2.83 bits per heavy atom. The summed E-state index contributed by atoms with van der Waals surface area (Å²) < 4.78 is 10.7. The first-order valence-electron chi connectivity index (χ1n) is 8.38. The fraction of sp³-hybridized carbons (Fsp3) is 0.579. The van der Waals surface area contributed by atoms with Crippen molar-refractivity contribution in [2.24, 2.45) is 16.4 Å². The molecular weight excluding hydrogens is 304 g/mol. The van der Waals surface area contributed by atoms with E-state index < -0.39 is 5.41 Å². The van der Waals surface area contributed by atoms with Gasteiger partial charge in [0, 0.05) is 19.6 Å². The van der Waals surface area contributed by atoms with Crippen molar-refractivity contribution in [3.8, 4) is 0 Å². The van der Waals surface area contributed by atoms with E-state index in [-0.39, 0.29) is 11.7 Å².